The van der Waals surface area contributed by atoms with E-state index in [1.54, 1.807) is 6.92 Å². The van der Waals surface area contributed by atoms with Crippen LogP contribution in [0.5, 0.6) is 0 Å². The van der Waals surface area contributed by atoms with Gasteiger partial charge in [0.1, 0.15) is 5.82 Å². The van der Waals surface area contributed by atoms with E-state index in [4.69, 9.17) is 11.6 Å². The summed E-state index contributed by atoms with van der Waals surface area (Å²) in [7, 11) is 0. The fraction of sp³-hybridized carbons (Fsp3) is 0.188. The predicted octanol–water partition coefficient (Wildman–Crippen LogP) is 3.27. The first kappa shape index (κ1) is 16.1. The number of hydrogen-bond acceptors (Lipinski definition) is 3. The zero-order valence-electron chi connectivity index (χ0n) is 11.8. The van der Waals surface area contributed by atoms with Crippen molar-refractivity contribution in [1.29, 1.82) is 0 Å². The van der Waals surface area contributed by atoms with Crippen LogP contribution >= 0.6 is 11.6 Å². The van der Waals surface area contributed by atoms with E-state index in [0.717, 1.165) is 0 Å². The number of rotatable bonds is 5. The van der Waals surface area contributed by atoms with E-state index < -0.39 is 5.82 Å². The second-order valence-corrected chi connectivity index (χ2v) is 5.27. The smallest absolute Gasteiger partial charge is 0.253 e. The van der Waals surface area contributed by atoms with Crippen LogP contribution in [-0.2, 0) is 0 Å². The number of hydrogen-bond donors (Lipinski definition) is 1. The first-order valence-corrected chi connectivity index (χ1v) is 7.04. The molecule has 2 rings (SSSR count). The van der Waals surface area contributed by atoms with Crippen LogP contribution in [0.4, 0.5) is 4.39 Å². The summed E-state index contributed by atoms with van der Waals surface area (Å²) in [6.45, 7) is 1.72. The number of amides is 1. The summed E-state index contributed by atoms with van der Waals surface area (Å²) < 4.78 is 12.8. The molecule has 4 nitrogen and oxygen atoms in total. The highest BCUT2D eigenvalue weighted by Crippen LogP contribution is 2.14. The minimum atomic E-state index is -0.398. The second-order valence-electron chi connectivity index (χ2n) is 4.86. The summed E-state index contributed by atoms with van der Waals surface area (Å²) in [6.07, 6.45) is 2.96. The van der Waals surface area contributed by atoms with Gasteiger partial charge in [0, 0.05) is 30.4 Å². The number of nitrogens with zero attached hydrogens (tertiary/aromatic N) is 1. The van der Waals surface area contributed by atoms with Crippen LogP contribution in [0, 0.1) is 5.82 Å². The maximum Gasteiger partial charge on any atom is 0.253 e. The molecule has 0 aliphatic heterocycles. The molecule has 1 amide bonds. The molecule has 6 heteroatoms. The van der Waals surface area contributed by atoms with Crippen molar-refractivity contribution in [1.82, 2.24) is 10.3 Å². The maximum atomic E-state index is 12.8. The first-order valence-electron chi connectivity index (χ1n) is 6.66. The normalized spacial score (nSPS) is 11.8. The van der Waals surface area contributed by atoms with Gasteiger partial charge in [0.05, 0.1) is 10.6 Å². The number of pyridine rings is 1. The molecule has 0 saturated carbocycles. The Morgan fingerprint density at radius 1 is 1.27 bits per heavy atom. The van der Waals surface area contributed by atoms with Crippen LogP contribution in [0.2, 0.25) is 5.02 Å². The zero-order valence-corrected chi connectivity index (χ0v) is 12.6. The first-order chi connectivity index (χ1) is 10.5. The Bertz CT molecular complexity index is 689. The number of carbonyl (C=O) groups excluding carboxylic acids is 2. The lowest BCUT2D eigenvalue weighted by atomic mass is 10.0. The van der Waals surface area contributed by atoms with Gasteiger partial charge >= 0.3 is 0 Å². The highest BCUT2D eigenvalue weighted by Gasteiger charge is 2.16. The lowest BCUT2D eigenvalue weighted by molar-refractivity contribution is 0.0918. The van der Waals surface area contributed by atoms with E-state index in [2.05, 4.69) is 10.3 Å². The van der Waals surface area contributed by atoms with E-state index in [-0.39, 0.29) is 29.2 Å². The average Bonchev–Trinajstić information content (AvgIpc) is 2.48. The average molecular weight is 321 g/mol. The Balaban J connectivity index is 1.96. The van der Waals surface area contributed by atoms with Crippen molar-refractivity contribution in [2.45, 2.75) is 19.4 Å². The van der Waals surface area contributed by atoms with Crippen molar-refractivity contribution in [3.8, 4) is 0 Å². The Hall–Kier alpha value is -2.27. The van der Waals surface area contributed by atoms with Crippen LogP contribution in [0.1, 0.15) is 34.1 Å². The van der Waals surface area contributed by atoms with Crippen molar-refractivity contribution in [3.05, 3.63) is 64.7 Å². The van der Waals surface area contributed by atoms with Crippen LogP contribution in [0.3, 0.4) is 0 Å². The molecule has 0 spiro atoms. The van der Waals surface area contributed by atoms with Gasteiger partial charge in [-0.3, -0.25) is 14.6 Å². The summed E-state index contributed by atoms with van der Waals surface area (Å²) in [4.78, 5) is 27.9. The van der Waals surface area contributed by atoms with Crippen molar-refractivity contribution < 1.29 is 14.0 Å². The third-order valence-electron chi connectivity index (χ3n) is 3.05. The summed E-state index contributed by atoms with van der Waals surface area (Å²) >= 11 is 5.89. The summed E-state index contributed by atoms with van der Waals surface area (Å²) in [5.41, 5.74) is 0.710. The van der Waals surface area contributed by atoms with Gasteiger partial charge in [-0.05, 0) is 37.3 Å². The van der Waals surface area contributed by atoms with Gasteiger partial charge in [-0.15, -0.1) is 0 Å². The fourth-order valence-electron chi connectivity index (χ4n) is 1.94. The number of halogens is 2. The van der Waals surface area contributed by atoms with Crippen molar-refractivity contribution in [3.63, 3.8) is 0 Å². The Morgan fingerprint density at radius 2 is 1.95 bits per heavy atom. The molecule has 0 bridgehead atoms. The maximum absolute atomic E-state index is 12.8. The number of aromatic nitrogens is 1. The van der Waals surface area contributed by atoms with Gasteiger partial charge in [-0.1, -0.05) is 11.6 Å². The SMILES string of the molecule is C[C@@H](CC(=O)c1ccc(F)cc1)NC(=O)c1ccncc1Cl. The van der Waals surface area contributed by atoms with E-state index >= 15 is 0 Å². The standard InChI is InChI=1S/C16H14ClFN2O2/c1-10(8-15(21)11-2-4-12(18)5-3-11)20-16(22)13-6-7-19-9-14(13)17/h2-7,9-10H,8H2,1H3,(H,20,22)/t10-/m0/s1. The molecule has 114 valence electrons. The minimum absolute atomic E-state index is 0.111. The largest absolute Gasteiger partial charge is 0.349 e. The molecule has 1 aromatic carbocycles. The quantitative estimate of drug-likeness (QED) is 0.860. The highest BCUT2D eigenvalue weighted by molar-refractivity contribution is 6.33. The van der Waals surface area contributed by atoms with E-state index in [0.29, 0.717) is 11.1 Å². The molecule has 2 aromatic rings. The Morgan fingerprint density at radius 3 is 2.59 bits per heavy atom. The lowest BCUT2D eigenvalue weighted by Crippen LogP contribution is -2.34. The van der Waals surface area contributed by atoms with Crippen LogP contribution in [0.15, 0.2) is 42.7 Å². The molecule has 0 aliphatic carbocycles. The van der Waals surface area contributed by atoms with Crippen molar-refractivity contribution in [2.24, 2.45) is 0 Å². The molecule has 1 atom stereocenters. The zero-order chi connectivity index (χ0) is 16.1. The highest BCUT2D eigenvalue weighted by atomic mass is 35.5. The van der Waals surface area contributed by atoms with Crippen LogP contribution in [0.25, 0.3) is 0 Å². The van der Waals surface area contributed by atoms with Gasteiger partial charge in [0.25, 0.3) is 5.91 Å². The molecular weight excluding hydrogens is 307 g/mol. The lowest BCUT2D eigenvalue weighted by Gasteiger charge is -2.13. The molecule has 0 fully saturated rings. The van der Waals surface area contributed by atoms with Crippen LogP contribution in [-0.4, -0.2) is 22.7 Å². The van der Waals surface area contributed by atoms with E-state index in [1.165, 1.54) is 42.7 Å². The fourth-order valence-corrected chi connectivity index (χ4v) is 2.15. The molecule has 22 heavy (non-hydrogen) atoms. The van der Waals surface area contributed by atoms with Crippen LogP contribution < -0.4 is 5.32 Å². The number of Topliss-reactive ketones (excluding diaryl/α,β-unsaturated/α-hetero) is 1. The number of nitrogens with one attached hydrogen (secondary N) is 1. The number of carbonyl (C=O) groups is 2. The second kappa shape index (κ2) is 7.13. The minimum Gasteiger partial charge on any atom is -0.349 e. The Kier molecular flexibility index (Phi) is 5.22. The van der Waals surface area contributed by atoms with Gasteiger partial charge < -0.3 is 5.32 Å². The van der Waals surface area contributed by atoms with Crippen molar-refractivity contribution >= 4 is 23.3 Å². The van der Waals surface area contributed by atoms with Crippen molar-refractivity contribution in [2.75, 3.05) is 0 Å². The molecule has 1 N–H and O–H groups in total. The van der Waals surface area contributed by atoms with E-state index in [1.807, 2.05) is 0 Å². The van der Waals surface area contributed by atoms with E-state index in [9.17, 15) is 14.0 Å². The summed E-state index contributed by atoms with van der Waals surface area (Å²) in [5, 5.41) is 2.95. The molecule has 0 unspecified atom stereocenters. The molecular formula is C16H14ClFN2O2. The monoisotopic (exact) mass is 320 g/mol. The summed E-state index contributed by atoms with van der Waals surface area (Å²) in [5.74, 6) is -0.939. The number of benzene rings is 1. The van der Waals surface area contributed by atoms with Gasteiger partial charge in [-0.25, -0.2) is 4.39 Å². The summed E-state index contributed by atoms with van der Waals surface area (Å²) in [6, 6.07) is 6.43. The third kappa shape index (κ3) is 4.11. The Labute approximate surface area is 132 Å². The van der Waals surface area contributed by atoms with Gasteiger partial charge in [0.2, 0.25) is 0 Å². The molecule has 1 heterocycles. The molecule has 0 radical (unpaired) electrons. The molecule has 0 aliphatic rings. The molecule has 1 aromatic heterocycles. The van der Waals surface area contributed by atoms with Gasteiger partial charge in [-0.2, -0.15) is 0 Å². The topological polar surface area (TPSA) is 59.1 Å². The number of ketones is 1. The molecule has 0 saturated heterocycles. The third-order valence-corrected chi connectivity index (χ3v) is 3.35. The van der Waals surface area contributed by atoms with Gasteiger partial charge in [0.15, 0.2) is 5.78 Å². The predicted molar refractivity (Wildman–Crippen MR) is 81.5 cm³/mol.